The van der Waals surface area contributed by atoms with Gasteiger partial charge in [-0.25, -0.2) is 0 Å². The van der Waals surface area contributed by atoms with E-state index in [2.05, 4.69) is 0 Å². The summed E-state index contributed by atoms with van der Waals surface area (Å²) in [7, 11) is 0. The van der Waals surface area contributed by atoms with Crippen LogP contribution in [0.1, 0.15) is 6.93 Å². The van der Waals surface area contributed by atoms with Gasteiger partial charge >= 0.3 is 0 Å². The van der Waals surface area contributed by atoms with Gasteiger partial charge in [-0.3, -0.25) is 0 Å². The standard InChI is InChI=1S/C13H12S/c1-3-7-12(8-4-1)11-14-13-9-5-2-6-10-13/h1-10H,11H2/i11D/t11-/m1/s1. The molecule has 0 N–H and O–H groups in total. The lowest BCUT2D eigenvalue weighted by molar-refractivity contribution is 1.38. The normalized spacial score (nSPS) is 13.3. The molecule has 0 saturated heterocycles. The van der Waals surface area contributed by atoms with Gasteiger partial charge in [-0.2, -0.15) is 0 Å². The molecule has 0 aliphatic rings. The SMILES string of the molecule is [2H][C@@H](Sc1ccccc1)c1ccccc1. The third-order valence-electron chi connectivity index (χ3n) is 1.87. The molecule has 1 heteroatoms. The van der Waals surface area contributed by atoms with Crippen molar-refractivity contribution in [3.8, 4) is 0 Å². The molecule has 2 aromatic rings. The van der Waals surface area contributed by atoms with E-state index in [1.165, 1.54) is 0 Å². The Labute approximate surface area is 90.4 Å². The van der Waals surface area contributed by atoms with Gasteiger partial charge in [-0.05, 0) is 17.7 Å². The van der Waals surface area contributed by atoms with Gasteiger partial charge in [0.2, 0.25) is 0 Å². The second-order valence-corrected chi connectivity index (χ2v) is 3.90. The summed E-state index contributed by atoms with van der Waals surface area (Å²) in [4.78, 5) is 1.14. The zero-order chi connectivity index (χ0) is 10.5. The summed E-state index contributed by atoms with van der Waals surface area (Å²) in [5.74, 6) is 0. The first-order valence-corrected chi connectivity index (χ1v) is 5.43. The van der Waals surface area contributed by atoms with Crippen LogP contribution in [0.15, 0.2) is 65.6 Å². The number of hydrogen-bond acceptors (Lipinski definition) is 1. The van der Waals surface area contributed by atoms with Crippen LogP contribution in [0.2, 0.25) is 0 Å². The summed E-state index contributed by atoms with van der Waals surface area (Å²) in [6.45, 7) is 0. The summed E-state index contributed by atoms with van der Waals surface area (Å²) in [5.41, 5.74) is 0.806. The van der Waals surface area contributed by atoms with Crippen LogP contribution in [0.5, 0.6) is 0 Å². The zero-order valence-electron chi connectivity index (χ0n) is 8.76. The van der Waals surface area contributed by atoms with Gasteiger partial charge < -0.3 is 0 Å². The van der Waals surface area contributed by atoms with E-state index < -0.39 is 0 Å². The first-order chi connectivity index (χ1) is 7.36. The Hall–Kier alpha value is -1.21. The fraction of sp³-hybridized carbons (Fsp3) is 0.0769. The molecule has 2 rings (SSSR count). The van der Waals surface area contributed by atoms with E-state index in [1.54, 1.807) is 11.8 Å². The molecule has 0 aliphatic carbocycles. The molecular weight excluding hydrogens is 188 g/mol. The molecule has 0 fully saturated rings. The third kappa shape index (κ3) is 2.64. The van der Waals surface area contributed by atoms with E-state index in [0.717, 1.165) is 10.5 Å². The Bertz CT molecular complexity index is 399. The van der Waals surface area contributed by atoms with E-state index in [4.69, 9.17) is 1.37 Å². The summed E-state index contributed by atoms with van der Waals surface area (Å²) in [6.07, 6.45) is 0. The molecule has 0 saturated carbocycles. The third-order valence-corrected chi connectivity index (χ3v) is 2.81. The van der Waals surface area contributed by atoms with Crippen molar-refractivity contribution in [2.75, 3.05) is 0 Å². The smallest absolute Gasteiger partial charge is 0.0434 e. The Morgan fingerprint density at radius 3 is 2.07 bits per heavy atom. The number of thioether (sulfide) groups is 1. The predicted molar refractivity (Wildman–Crippen MR) is 62.4 cm³/mol. The summed E-state index contributed by atoms with van der Waals surface area (Å²) in [5, 5.41) is 0. The molecule has 0 radical (unpaired) electrons. The Morgan fingerprint density at radius 1 is 0.857 bits per heavy atom. The van der Waals surface area contributed by atoms with Crippen LogP contribution >= 0.6 is 11.8 Å². The molecule has 2 aromatic carbocycles. The molecule has 0 unspecified atom stereocenters. The van der Waals surface area contributed by atoms with Gasteiger partial charge in [-0.15, -0.1) is 11.8 Å². The molecule has 0 nitrogen and oxygen atoms in total. The fourth-order valence-corrected chi connectivity index (χ4v) is 1.91. The van der Waals surface area contributed by atoms with Crippen LogP contribution in [0.25, 0.3) is 0 Å². The molecule has 70 valence electrons. The molecule has 0 heterocycles. The molecule has 0 aromatic heterocycles. The molecule has 0 spiro atoms. The summed E-state index contributed by atoms with van der Waals surface area (Å²) >= 11 is 1.56. The quantitative estimate of drug-likeness (QED) is 0.677. The molecule has 1 atom stereocenters. The minimum Gasteiger partial charge on any atom is -0.121 e. The number of rotatable bonds is 3. The van der Waals surface area contributed by atoms with Gasteiger partial charge in [-0.1, -0.05) is 48.5 Å². The lowest BCUT2D eigenvalue weighted by Crippen LogP contribution is -1.78. The molecule has 0 aliphatic heterocycles. The zero-order valence-corrected chi connectivity index (χ0v) is 8.58. The van der Waals surface area contributed by atoms with Crippen LogP contribution in [-0.4, -0.2) is 0 Å². The molecule has 14 heavy (non-hydrogen) atoms. The van der Waals surface area contributed by atoms with E-state index in [9.17, 15) is 0 Å². The van der Waals surface area contributed by atoms with Crippen LogP contribution in [0.4, 0.5) is 0 Å². The van der Waals surface area contributed by atoms with Gasteiger partial charge in [0.25, 0.3) is 0 Å². The van der Waals surface area contributed by atoms with Gasteiger partial charge in [0, 0.05) is 12.0 Å². The lowest BCUT2D eigenvalue weighted by Gasteiger charge is -2.00. The second-order valence-electron chi connectivity index (χ2n) is 2.96. The van der Waals surface area contributed by atoms with Crippen LogP contribution in [-0.2, 0) is 5.73 Å². The van der Waals surface area contributed by atoms with Crippen LogP contribution in [0.3, 0.4) is 0 Å². The monoisotopic (exact) mass is 201 g/mol. The average Bonchev–Trinajstić information content (AvgIpc) is 2.31. The molecular formula is C13H12S. The Balaban J connectivity index is 2.08. The van der Waals surface area contributed by atoms with Crippen LogP contribution in [0, 0.1) is 0 Å². The molecule has 0 bridgehead atoms. The largest absolute Gasteiger partial charge is 0.121 e. The fourth-order valence-electron chi connectivity index (χ4n) is 1.17. The Morgan fingerprint density at radius 2 is 1.43 bits per heavy atom. The first kappa shape index (κ1) is 8.13. The van der Waals surface area contributed by atoms with E-state index in [-0.39, 0.29) is 5.73 Å². The topological polar surface area (TPSA) is 0 Å². The van der Waals surface area contributed by atoms with Gasteiger partial charge in [0.05, 0.1) is 0 Å². The maximum Gasteiger partial charge on any atom is 0.0434 e. The van der Waals surface area contributed by atoms with E-state index in [0.29, 0.717) is 0 Å². The van der Waals surface area contributed by atoms with Crippen molar-refractivity contribution in [3.05, 3.63) is 66.2 Å². The Kier molecular flexibility index (Phi) is 2.83. The van der Waals surface area contributed by atoms with E-state index >= 15 is 0 Å². The number of benzene rings is 2. The van der Waals surface area contributed by atoms with Crippen molar-refractivity contribution in [1.29, 1.82) is 0 Å². The van der Waals surface area contributed by atoms with E-state index in [1.807, 2.05) is 60.7 Å². The first-order valence-electron chi connectivity index (χ1n) is 5.13. The lowest BCUT2D eigenvalue weighted by atomic mass is 10.2. The minimum absolute atomic E-state index is 0.242. The van der Waals surface area contributed by atoms with Crippen molar-refractivity contribution in [1.82, 2.24) is 0 Å². The predicted octanol–water partition coefficient (Wildman–Crippen LogP) is 3.98. The second kappa shape index (κ2) is 4.87. The van der Waals surface area contributed by atoms with Gasteiger partial charge in [0.15, 0.2) is 0 Å². The van der Waals surface area contributed by atoms with Crippen LogP contribution < -0.4 is 0 Å². The van der Waals surface area contributed by atoms with Crippen molar-refractivity contribution in [2.45, 2.75) is 10.6 Å². The highest BCUT2D eigenvalue weighted by atomic mass is 32.2. The van der Waals surface area contributed by atoms with Gasteiger partial charge in [0.1, 0.15) is 0 Å². The molecule has 0 amide bonds. The van der Waals surface area contributed by atoms with Crippen molar-refractivity contribution >= 4 is 11.8 Å². The van der Waals surface area contributed by atoms with Crippen molar-refractivity contribution < 1.29 is 1.37 Å². The maximum absolute atomic E-state index is 8.01. The average molecular weight is 201 g/mol. The highest BCUT2D eigenvalue weighted by Crippen LogP contribution is 2.21. The van der Waals surface area contributed by atoms with Crippen molar-refractivity contribution in [3.63, 3.8) is 0 Å². The van der Waals surface area contributed by atoms with Crippen molar-refractivity contribution in [2.24, 2.45) is 0 Å². The number of hydrogen-bond donors (Lipinski definition) is 0. The highest BCUT2D eigenvalue weighted by molar-refractivity contribution is 7.98. The maximum atomic E-state index is 8.01. The summed E-state index contributed by atoms with van der Waals surface area (Å²) < 4.78 is 8.01. The minimum atomic E-state index is -0.242. The highest BCUT2D eigenvalue weighted by Gasteiger charge is 1.93. The summed E-state index contributed by atoms with van der Waals surface area (Å²) in [6, 6.07) is 20.0.